The zero-order valence-corrected chi connectivity index (χ0v) is 16.8. The Labute approximate surface area is 166 Å². The molecule has 3 rings (SSSR count). The van der Waals surface area contributed by atoms with Crippen molar-refractivity contribution in [2.75, 3.05) is 6.61 Å². The molecule has 0 unspecified atom stereocenters. The summed E-state index contributed by atoms with van der Waals surface area (Å²) in [5, 5.41) is 3.23. The number of aromatic nitrogens is 2. The summed E-state index contributed by atoms with van der Waals surface area (Å²) in [5.41, 5.74) is 2.65. The number of amides is 1. The molecule has 1 aromatic carbocycles. The van der Waals surface area contributed by atoms with Gasteiger partial charge in [-0.25, -0.2) is 4.98 Å². The van der Waals surface area contributed by atoms with Crippen LogP contribution in [0.3, 0.4) is 0 Å². The van der Waals surface area contributed by atoms with Gasteiger partial charge in [-0.05, 0) is 37.5 Å². The van der Waals surface area contributed by atoms with Crippen LogP contribution in [0.1, 0.15) is 21.6 Å². The van der Waals surface area contributed by atoms with E-state index in [9.17, 15) is 14.4 Å². The number of esters is 1. The molecule has 1 N–H and O–H groups in total. The summed E-state index contributed by atoms with van der Waals surface area (Å²) in [6.07, 6.45) is 1.33. The van der Waals surface area contributed by atoms with Crippen molar-refractivity contribution in [1.82, 2.24) is 14.9 Å². The maximum Gasteiger partial charge on any atom is 0.326 e. The second-order valence-corrected chi connectivity index (χ2v) is 7.71. The predicted octanol–water partition coefficient (Wildman–Crippen LogP) is 2.24. The van der Waals surface area contributed by atoms with E-state index in [1.54, 1.807) is 0 Å². The summed E-state index contributed by atoms with van der Waals surface area (Å²) < 4.78 is 6.20. The number of fused-ring (bicyclic) bond motifs is 1. The summed E-state index contributed by atoms with van der Waals surface area (Å²) in [6.45, 7) is 5.42. The van der Waals surface area contributed by atoms with Crippen molar-refractivity contribution >= 4 is 33.4 Å². The van der Waals surface area contributed by atoms with Gasteiger partial charge >= 0.3 is 5.97 Å². The van der Waals surface area contributed by atoms with E-state index < -0.39 is 18.5 Å². The van der Waals surface area contributed by atoms with Crippen LogP contribution in [0.15, 0.2) is 35.4 Å². The zero-order valence-electron chi connectivity index (χ0n) is 15.9. The molecular formula is C20H21N3O4S. The van der Waals surface area contributed by atoms with Gasteiger partial charge in [-0.1, -0.05) is 24.3 Å². The third kappa shape index (κ3) is 4.28. The van der Waals surface area contributed by atoms with Crippen LogP contribution in [0.25, 0.3) is 10.2 Å². The fraction of sp³-hybridized carbons (Fsp3) is 0.300. The molecule has 0 radical (unpaired) electrons. The number of nitrogens with one attached hydrogen (secondary N) is 1. The normalized spacial score (nSPS) is 10.8. The van der Waals surface area contributed by atoms with Gasteiger partial charge in [-0.3, -0.25) is 19.0 Å². The number of benzene rings is 1. The zero-order chi connectivity index (χ0) is 20.3. The van der Waals surface area contributed by atoms with Crippen LogP contribution in [0, 0.1) is 20.8 Å². The quantitative estimate of drug-likeness (QED) is 0.642. The van der Waals surface area contributed by atoms with Gasteiger partial charge in [0.05, 0.1) is 11.7 Å². The summed E-state index contributed by atoms with van der Waals surface area (Å²) in [5.74, 6) is -1.07. The molecule has 0 aliphatic rings. The van der Waals surface area contributed by atoms with Gasteiger partial charge in [0.15, 0.2) is 6.61 Å². The number of ether oxygens (including phenoxy) is 1. The first kappa shape index (κ1) is 19.8. The van der Waals surface area contributed by atoms with Crippen LogP contribution in [-0.2, 0) is 27.4 Å². The molecule has 146 valence electrons. The highest BCUT2D eigenvalue weighted by molar-refractivity contribution is 7.18. The molecule has 8 heteroatoms. The smallest absolute Gasteiger partial charge is 0.326 e. The molecule has 0 spiro atoms. The van der Waals surface area contributed by atoms with Crippen molar-refractivity contribution < 1.29 is 14.3 Å². The highest BCUT2D eigenvalue weighted by atomic mass is 32.1. The summed E-state index contributed by atoms with van der Waals surface area (Å²) >= 11 is 1.45. The predicted molar refractivity (Wildman–Crippen MR) is 107 cm³/mol. The minimum absolute atomic E-state index is 0.284. The standard InChI is InChI=1S/C20H21N3O4S/c1-12-6-4-5-7-15(12)8-21-16(24)10-27-17(25)9-23-11-22-19-18(20(23)26)13(2)14(3)28-19/h4-7,11H,8-10H2,1-3H3,(H,21,24). The van der Waals surface area contributed by atoms with Crippen LogP contribution in [0.5, 0.6) is 0 Å². The average Bonchev–Trinajstić information content (AvgIpc) is 2.96. The highest BCUT2D eigenvalue weighted by Gasteiger charge is 2.15. The summed E-state index contributed by atoms with van der Waals surface area (Å²) in [7, 11) is 0. The molecule has 7 nitrogen and oxygen atoms in total. The first-order valence-corrected chi connectivity index (χ1v) is 9.60. The molecule has 0 saturated carbocycles. The molecule has 0 aliphatic carbocycles. The molecule has 0 aliphatic heterocycles. The van der Waals surface area contributed by atoms with Crippen LogP contribution < -0.4 is 10.9 Å². The molecule has 28 heavy (non-hydrogen) atoms. The van der Waals surface area contributed by atoms with Gasteiger partial charge < -0.3 is 10.1 Å². The summed E-state index contributed by atoms with van der Waals surface area (Å²) in [4.78, 5) is 42.4. The second kappa shape index (κ2) is 8.35. The maximum absolute atomic E-state index is 12.6. The Morgan fingerprint density at radius 1 is 1.21 bits per heavy atom. The summed E-state index contributed by atoms with van der Waals surface area (Å²) in [6, 6.07) is 7.70. The molecule has 2 aromatic heterocycles. The van der Waals surface area contributed by atoms with Gasteiger partial charge in [0.1, 0.15) is 11.4 Å². The lowest BCUT2D eigenvalue weighted by Crippen LogP contribution is -2.31. The molecule has 3 aromatic rings. The number of carbonyl (C=O) groups excluding carboxylic acids is 2. The van der Waals surface area contributed by atoms with Crippen molar-refractivity contribution in [1.29, 1.82) is 0 Å². The Morgan fingerprint density at radius 2 is 1.96 bits per heavy atom. The van der Waals surface area contributed by atoms with E-state index in [1.165, 1.54) is 22.2 Å². The van der Waals surface area contributed by atoms with E-state index in [2.05, 4.69) is 10.3 Å². The van der Waals surface area contributed by atoms with Crippen molar-refractivity contribution in [3.8, 4) is 0 Å². The van der Waals surface area contributed by atoms with Gasteiger partial charge in [0.2, 0.25) is 0 Å². The molecule has 0 bridgehead atoms. The van der Waals surface area contributed by atoms with E-state index >= 15 is 0 Å². The van der Waals surface area contributed by atoms with Crippen molar-refractivity contribution in [2.24, 2.45) is 0 Å². The number of rotatable bonds is 6. The lowest BCUT2D eigenvalue weighted by Gasteiger charge is -2.09. The van der Waals surface area contributed by atoms with Gasteiger partial charge in [0.25, 0.3) is 11.5 Å². The first-order chi connectivity index (χ1) is 13.4. The third-order valence-corrected chi connectivity index (χ3v) is 5.67. The molecular weight excluding hydrogens is 378 g/mol. The Balaban J connectivity index is 1.56. The number of carbonyl (C=O) groups is 2. The van der Waals surface area contributed by atoms with Crippen molar-refractivity contribution in [3.63, 3.8) is 0 Å². The SMILES string of the molecule is Cc1ccccc1CNC(=O)COC(=O)Cn1cnc2sc(C)c(C)c2c1=O. The van der Waals surface area contributed by atoms with E-state index in [0.29, 0.717) is 16.8 Å². The van der Waals surface area contributed by atoms with Crippen LogP contribution in [0.4, 0.5) is 0 Å². The largest absolute Gasteiger partial charge is 0.454 e. The van der Waals surface area contributed by atoms with Gasteiger partial charge in [-0.15, -0.1) is 11.3 Å². The third-order valence-electron chi connectivity index (χ3n) is 4.56. The lowest BCUT2D eigenvalue weighted by atomic mass is 10.1. The fourth-order valence-corrected chi connectivity index (χ4v) is 3.75. The highest BCUT2D eigenvalue weighted by Crippen LogP contribution is 2.25. The van der Waals surface area contributed by atoms with Crippen LogP contribution >= 0.6 is 11.3 Å². The molecule has 0 atom stereocenters. The van der Waals surface area contributed by atoms with Crippen molar-refractivity contribution in [3.05, 3.63) is 62.5 Å². The number of hydrogen-bond acceptors (Lipinski definition) is 6. The minimum atomic E-state index is -0.668. The van der Waals surface area contributed by atoms with Crippen LogP contribution in [-0.4, -0.2) is 28.0 Å². The number of nitrogens with zero attached hydrogens (tertiary/aromatic N) is 2. The average molecular weight is 399 g/mol. The van der Waals surface area contributed by atoms with Crippen molar-refractivity contribution in [2.45, 2.75) is 33.9 Å². The molecule has 0 fully saturated rings. The van der Waals surface area contributed by atoms with E-state index in [-0.39, 0.29) is 12.1 Å². The fourth-order valence-electron chi connectivity index (χ4n) is 2.77. The maximum atomic E-state index is 12.6. The van der Waals surface area contributed by atoms with Gasteiger partial charge in [0, 0.05) is 11.4 Å². The molecule has 2 heterocycles. The molecule has 0 saturated heterocycles. The lowest BCUT2D eigenvalue weighted by molar-refractivity contribution is -0.149. The Hall–Kier alpha value is -3.00. The Morgan fingerprint density at radius 3 is 2.71 bits per heavy atom. The second-order valence-electron chi connectivity index (χ2n) is 6.50. The van der Waals surface area contributed by atoms with Crippen LogP contribution in [0.2, 0.25) is 0 Å². The molecule has 1 amide bonds. The van der Waals surface area contributed by atoms with E-state index in [0.717, 1.165) is 21.6 Å². The van der Waals surface area contributed by atoms with E-state index in [1.807, 2.05) is 45.0 Å². The minimum Gasteiger partial charge on any atom is -0.454 e. The van der Waals surface area contributed by atoms with E-state index in [4.69, 9.17) is 4.74 Å². The Kier molecular flexibility index (Phi) is 5.89. The topological polar surface area (TPSA) is 90.3 Å². The first-order valence-electron chi connectivity index (χ1n) is 8.78. The number of aryl methyl sites for hydroxylation is 3. The number of thiophene rings is 1. The Bertz CT molecular complexity index is 1100. The monoisotopic (exact) mass is 399 g/mol. The number of hydrogen-bond donors (Lipinski definition) is 1. The van der Waals surface area contributed by atoms with Gasteiger partial charge in [-0.2, -0.15) is 0 Å².